The van der Waals surface area contributed by atoms with Gasteiger partial charge < -0.3 is 0 Å². The van der Waals surface area contributed by atoms with E-state index in [0.29, 0.717) is 17.1 Å². The van der Waals surface area contributed by atoms with Gasteiger partial charge in [0.25, 0.3) is 0 Å². The molecule has 0 amide bonds. The molecular formula is C16H20S. The van der Waals surface area contributed by atoms with Gasteiger partial charge in [-0.1, -0.05) is 23.3 Å². The first-order valence-electron chi connectivity index (χ1n) is 6.73. The molecule has 0 aliphatic heterocycles. The third kappa shape index (κ3) is 1.78. The highest BCUT2D eigenvalue weighted by atomic mass is 32.1. The number of terminal acetylenes is 1. The van der Waals surface area contributed by atoms with Crippen molar-refractivity contribution in [1.82, 2.24) is 0 Å². The molecule has 0 nitrogen and oxygen atoms in total. The first kappa shape index (κ1) is 11.5. The summed E-state index contributed by atoms with van der Waals surface area (Å²) in [7, 11) is 0. The molecule has 0 radical (unpaired) electrons. The lowest BCUT2D eigenvalue weighted by Crippen LogP contribution is -2.25. The average molecular weight is 244 g/mol. The maximum atomic E-state index is 5.62. The molecule has 1 heteroatoms. The number of hydrogen-bond acceptors (Lipinski definition) is 1. The molecule has 0 saturated heterocycles. The third-order valence-electron chi connectivity index (χ3n) is 5.01. The number of hydrogen-bond donors (Lipinski definition) is 1. The normalized spacial score (nSPS) is 36.9. The number of rotatable bonds is 3. The van der Waals surface area contributed by atoms with E-state index in [1.807, 2.05) is 0 Å². The van der Waals surface area contributed by atoms with Crippen LogP contribution in [0.5, 0.6) is 0 Å². The van der Waals surface area contributed by atoms with Gasteiger partial charge in [-0.05, 0) is 50.4 Å². The molecule has 90 valence electrons. The van der Waals surface area contributed by atoms with Crippen LogP contribution in [0.25, 0.3) is 0 Å². The molecule has 3 aliphatic rings. The van der Waals surface area contributed by atoms with Gasteiger partial charge in [-0.3, -0.25) is 0 Å². The van der Waals surface area contributed by atoms with Crippen molar-refractivity contribution in [1.29, 1.82) is 0 Å². The van der Waals surface area contributed by atoms with Gasteiger partial charge in [0.15, 0.2) is 0 Å². The minimum atomic E-state index is 0.483. The zero-order valence-electron chi connectivity index (χ0n) is 10.3. The highest BCUT2D eigenvalue weighted by Crippen LogP contribution is 2.52. The van der Waals surface area contributed by atoms with Gasteiger partial charge in [0.2, 0.25) is 0 Å². The maximum Gasteiger partial charge on any atom is 0.0303 e. The molecule has 4 unspecified atom stereocenters. The smallest absolute Gasteiger partial charge is 0.0303 e. The van der Waals surface area contributed by atoms with Crippen LogP contribution in [0.3, 0.4) is 0 Å². The van der Waals surface area contributed by atoms with Gasteiger partial charge in [-0.15, -0.1) is 12.3 Å². The molecule has 3 rings (SSSR count). The van der Waals surface area contributed by atoms with Crippen LogP contribution >= 0.6 is 12.6 Å². The van der Waals surface area contributed by atoms with Gasteiger partial charge in [-0.2, -0.15) is 12.6 Å². The van der Waals surface area contributed by atoms with Gasteiger partial charge in [-0.25, -0.2) is 0 Å². The van der Waals surface area contributed by atoms with Crippen LogP contribution in [0.4, 0.5) is 0 Å². The molecule has 0 N–H and O–H groups in total. The molecule has 0 bridgehead atoms. The van der Waals surface area contributed by atoms with Crippen LogP contribution in [0, 0.1) is 30.1 Å². The van der Waals surface area contributed by atoms with Crippen molar-refractivity contribution in [2.45, 2.75) is 43.8 Å². The molecule has 17 heavy (non-hydrogen) atoms. The molecule has 4 atom stereocenters. The van der Waals surface area contributed by atoms with Crippen molar-refractivity contribution in [3.8, 4) is 12.3 Å². The second-order valence-corrected chi connectivity index (χ2v) is 6.49. The molecule has 2 saturated carbocycles. The van der Waals surface area contributed by atoms with E-state index in [0.717, 1.165) is 18.8 Å². The summed E-state index contributed by atoms with van der Waals surface area (Å²) in [5.74, 6) is 4.88. The van der Waals surface area contributed by atoms with E-state index in [2.05, 4.69) is 12.5 Å². The van der Waals surface area contributed by atoms with Crippen molar-refractivity contribution in [2.24, 2.45) is 17.8 Å². The largest absolute Gasteiger partial charge is 0.175 e. The van der Waals surface area contributed by atoms with E-state index >= 15 is 0 Å². The van der Waals surface area contributed by atoms with Crippen LogP contribution in [0.2, 0.25) is 0 Å². The highest BCUT2D eigenvalue weighted by Gasteiger charge is 2.40. The minimum Gasteiger partial charge on any atom is -0.175 e. The van der Waals surface area contributed by atoms with Crippen molar-refractivity contribution >= 4 is 12.6 Å². The number of fused-ring (bicyclic) bond motifs is 1. The maximum absolute atomic E-state index is 5.62. The Kier molecular flexibility index (Phi) is 2.87. The summed E-state index contributed by atoms with van der Waals surface area (Å²) in [6.07, 6.45) is 13.0. The monoisotopic (exact) mass is 244 g/mol. The molecular weight excluding hydrogens is 224 g/mol. The van der Waals surface area contributed by atoms with Crippen molar-refractivity contribution < 1.29 is 0 Å². The van der Waals surface area contributed by atoms with E-state index in [1.165, 1.54) is 31.3 Å². The summed E-state index contributed by atoms with van der Waals surface area (Å²) < 4.78 is 0. The zero-order chi connectivity index (χ0) is 12.0. The zero-order valence-corrected chi connectivity index (χ0v) is 11.2. The van der Waals surface area contributed by atoms with Crippen LogP contribution in [-0.4, -0.2) is 5.25 Å². The lowest BCUT2D eigenvalue weighted by Gasteiger charge is -2.34. The predicted molar refractivity (Wildman–Crippen MR) is 75.9 cm³/mol. The lowest BCUT2D eigenvalue weighted by molar-refractivity contribution is 0.387. The number of allylic oxidation sites excluding steroid dienone is 3. The average Bonchev–Trinajstić information content (AvgIpc) is 2.46. The van der Waals surface area contributed by atoms with E-state index in [-0.39, 0.29) is 0 Å². The van der Waals surface area contributed by atoms with Crippen molar-refractivity contribution in [2.75, 3.05) is 0 Å². The summed E-state index contributed by atoms with van der Waals surface area (Å²) in [6, 6.07) is 0. The Morgan fingerprint density at radius 1 is 1.41 bits per heavy atom. The van der Waals surface area contributed by atoms with Gasteiger partial charge in [0.05, 0.1) is 0 Å². The Morgan fingerprint density at radius 3 is 2.65 bits per heavy atom. The molecule has 0 aromatic rings. The quantitative estimate of drug-likeness (QED) is 0.433. The van der Waals surface area contributed by atoms with Crippen LogP contribution in [-0.2, 0) is 0 Å². The van der Waals surface area contributed by atoms with Crippen LogP contribution in [0.1, 0.15) is 38.5 Å². The second kappa shape index (κ2) is 4.25. The summed E-state index contributed by atoms with van der Waals surface area (Å²) in [5, 5.41) is 0.483. The Morgan fingerprint density at radius 2 is 2.24 bits per heavy atom. The summed E-state index contributed by atoms with van der Waals surface area (Å²) in [4.78, 5) is 0. The summed E-state index contributed by atoms with van der Waals surface area (Å²) >= 11 is 4.80. The SMILES string of the molecule is C#CC1CC(CC(S)C2CCC2=C)=C2CCC21. The second-order valence-electron chi connectivity index (χ2n) is 5.83. The van der Waals surface area contributed by atoms with Gasteiger partial charge in [0, 0.05) is 11.2 Å². The summed E-state index contributed by atoms with van der Waals surface area (Å²) in [6.45, 7) is 4.12. The predicted octanol–water partition coefficient (Wildman–Crippen LogP) is 4.00. The highest BCUT2D eigenvalue weighted by molar-refractivity contribution is 7.81. The summed E-state index contributed by atoms with van der Waals surface area (Å²) in [5.41, 5.74) is 4.74. The van der Waals surface area contributed by atoms with Crippen molar-refractivity contribution in [3.63, 3.8) is 0 Å². The molecule has 0 aromatic heterocycles. The fraction of sp³-hybridized carbons (Fsp3) is 0.625. The van der Waals surface area contributed by atoms with E-state index in [1.54, 1.807) is 11.1 Å². The topological polar surface area (TPSA) is 0 Å². The molecule has 2 fully saturated rings. The number of thiol groups is 1. The first-order chi connectivity index (χ1) is 8.20. The molecule has 0 spiro atoms. The Labute approximate surface area is 110 Å². The fourth-order valence-corrected chi connectivity index (χ4v) is 4.22. The van der Waals surface area contributed by atoms with E-state index in [4.69, 9.17) is 19.1 Å². The van der Waals surface area contributed by atoms with Gasteiger partial charge >= 0.3 is 0 Å². The Bertz CT molecular complexity index is 423. The Hall–Kier alpha value is -0.610. The van der Waals surface area contributed by atoms with Crippen LogP contribution in [0.15, 0.2) is 23.3 Å². The molecule has 3 aliphatic carbocycles. The Balaban J connectivity index is 1.66. The standard InChI is InChI=1S/C16H20S/c1-3-11-8-12(15-7-6-14(11)15)9-16(17)13-5-4-10(13)2/h1,11,13-14,16-17H,2,4-9H2. The first-order valence-corrected chi connectivity index (χ1v) is 7.25. The van der Waals surface area contributed by atoms with E-state index in [9.17, 15) is 0 Å². The molecule has 0 heterocycles. The fourth-order valence-electron chi connectivity index (χ4n) is 3.64. The van der Waals surface area contributed by atoms with Crippen LogP contribution < -0.4 is 0 Å². The third-order valence-corrected chi connectivity index (χ3v) is 5.56. The minimum absolute atomic E-state index is 0.483. The lowest BCUT2D eigenvalue weighted by atomic mass is 9.74. The van der Waals surface area contributed by atoms with Gasteiger partial charge in [0.1, 0.15) is 0 Å². The van der Waals surface area contributed by atoms with E-state index < -0.39 is 0 Å². The van der Waals surface area contributed by atoms with Crippen molar-refractivity contribution in [3.05, 3.63) is 23.3 Å². The molecule has 0 aromatic carbocycles.